The summed E-state index contributed by atoms with van der Waals surface area (Å²) in [7, 11) is 2.04. The number of carbonyl (C=O) groups is 1. The zero-order chi connectivity index (χ0) is 17.2. The highest BCUT2D eigenvalue weighted by molar-refractivity contribution is 7.07. The molecule has 8 heteroatoms. The van der Waals surface area contributed by atoms with Crippen molar-refractivity contribution < 1.29 is 4.79 Å². The lowest BCUT2D eigenvalue weighted by Gasteiger charge is -2.17. The largest absolute Gasteiger partial charge is 0.346 e. The molecule has 2 atom stereocenters. The molecule has 1 fully saturated rings. The first-order valence-corrected chi connectivity index (χ1v) is 9.00. The van der Waals surface area contributed by atoms with Gasteiger partial charge in [-0.2, -0.15) is 5.10 Å². The summed E-state index contributed by atoms with van der Waals surface area (Å²) in [6.07, 6.45) is 0. The maximum Gasteiger partial charge on any atom is 0.271 e. The zero-order valence-corrected chi connectivity index (χ0v) is 14.5. The summed E-state index contributed by atoms with van der Waals surface area (Å²) in [5, 5.41) is 12.2. The topological polar surface area (TPSA) is 86.8 Å². The first kappa shape index (κ1) is 15.9. The average molecular weight is 354 g/mol. The highest BCUT2D eigenvalue weighted by Crippen LogP contribution is 2.26. The van der Waals surface area contributed by atoms with Crippen LogP contribution < -0.4 is 5.32 Å². The van der Waals surface area contributed by atoms with Crippen LogP contribution in [-0.4, -0.2) is 57.2 Å². The van der Waals surface area contributed by atoms with Crippen LogP contribution in [0.5, 0.6) is 0 Å². The van der Waals surface area contributed by atoms with Crippen LogP contribution in [0.3, 0.4) is 0 Å². The first-order chi connectivity index (χ1) is 12.2. The van der Waals surface area contributed by atoms with Gasteiger partial charge in [0.1, 0.15) is 11.5 Å². The molecule has 128 valence electrons. The third-order valence-corrected chi connectivity index (χ3v) is 4.96. The van der Waals surface area contributed by atoms with E-state index in [1.54, 1.807) is 10.9 Å². The molecule has 7 nitrogen and oxygen atoms in total. The molecule has 2 N–H and O–H groups in total. The number of amides is 1. The molecule has 1 amide bonds. The van der Waals surface area contributed by atoms with Gasteiger partial charge in [-0.05, 0) is 7.05 Å². The van der Waals surface area contributed by atoms with Crippen LogP contribution in [0.4, 0.5) is 0 Å². The highest BCUT2D eigenvalue weighted by Gasteiger charge is 2.35. The van der Waals surface area contributed by atoms with Gasteiger partial charge in [-0.3, -0.25) is 9.89 Å². The standard InChI is InChI=1S/C17H18N6OS/c1-23-7-12(13(8-23)19-17(24)14-9-25-10-18-14)16-20-15(21-22-16)11-5-3-2-4-6-11/h2-6,9-10,12-13H,7-8H2,1H3,(H,19,24)(H,20,21,22)/t12-,13-/m1/s1. The Bertz CT molecular complexity index is 847. The van der Waals surface area contributed by atoms with Crippen molar-refractivity contribution in [1.29, 1.82) is 0 Å². The Labute approximate surface area is 149 Å². The third kappa shape index (κ3) is 3.31. The number of likely N-dealkylation sites (N-methyl/N-ethyl adjacent to an activating group) is 1. The van der Waals surface area contributed by atoms with E-state index < -0.39 is 0 Å². The van der Waals surface area contributed by atoms with Crippen molar-refractivity contribution >= 4 is 17.2 Å². The maximum absolute atomic E-state index is 12.3. The van der Waals surface area contributed by atoms with E-state index in [2.05, 4.69) is 30.4 Å². The predicted octanol–water partition coefficient (Wildman–Crippen LogP) is 1.76. The molecule has 0 unspecified atom stereocenters. The van der Waals surface area contributed by atoms with Gasteiger partial charge >= 0.3 is 0 Å². The SMILES string of the molecule is CN1C[C@@H](NC(=O)c2cscn2)[C@H](c2nc(-c3ccccc3)n[nH]2)C1. The van der Waals surface area contributed by atoms with Crippen molar-refractivity contribution in [2.24, 2.45) is 0 Å². The number of likely N-dealkylation sites (tertiary alicyclic amines) is 1. The molecule has 3 heterocycles. The molecule has 25 heavy (non-hydrogen) atoms. The summed E-state index contributed by atoms with van der Waals surface area (Å²) >= 11 is 1.41. The molecule has 1 aromatic carbocycles. The molecular formula is C17H18N6OS. The molecule has 0 saturated carbocycles. The van der Waals surface area contributed by atoms with Gasteiger partial charge in [-0.25, -0.2) is 9.97 Å². The molecule has 1 saturated heterocycles. The number of nitrogens with one attached hydrogen (secondary N) is 2. The Morgan fingerprint density at radius 2 is 2.16 bits per heavy atom. The van der Waals surface area contributed by atoms with Gasteiger partial charge in [0.2, 0.25) is 0 Å². The van der Waals surface area contributed by atoms with E-state index >= 15 is 0 Å². The second-order valence-electron chi connectivity index (χ2n) is 6.19. The Morgan fingerprint density at radius 1 is 1.32 bits per heavy atom. The van der Waals surface area contributed by atoms with Gasteiger partial charge < -0.3 is 10.2 Å². The van der Waals surface area contributed by atoms with Crippen molar-refractivity contribution in [2.45, 2.75) is 12.0 Å². The van der Waals surface area contributed by atoms with E-state index in [0.717, 1.165) is 24.5 Å². The number of hydrogen-bond donors (Lipinski definition) is 2. The molecule has 2 aromatic heterocycles. The summed E-state index contributed by atoms with van der Waals surface area (Å²) < 4.78 is 0. The van der Waals surface area contributed by atoms with E-state index in [-0.39, 0.29) is 17.9 Å². The minimum Gasteiger partial charge on any atom is -0.346 e. The van der Waals surface area contributed by atoms with Crippen LogP contribution in [0.1, 0.15) is 22.2 Å². The minimum atomic E-state index is -0.144. The Hall–Kier alpha value is -2.58. The number of aromatic amines is 1. The number of nitrogens with zero attached hydrogens (tertiary/aromatic N) is 4. The van der Waals surface area contributed by atoms with Gasteiger partial charge in [0.05, 0.1) is 17.5 Å². The van der Waals surface area contributed by atoms with Crippen LogP contribution in [0.25, 0.3) is 11.4 Å². The fourth-order valence-electron chi connectivity index (χ4n) is 3.15. The van der Waals surface area contributed by atoms with Gasteiger partial charge in [0.25, 0.3) is 5.91 Å². The molecular weight excluding hydrogens is 336 g/mol. The second-order valence-corrected chi connectivity index (χ2v) is 6.91. The van der Waals surface area contributed by atoms with E-state index in [9.17, 15) is 4.79 Å². The molecule has 0 radical (unpaired) electrons. The van der Waals surface area contributed by atoms with Crippen molar-refractivity contribution in [3.63, 3.8) is 0 Å². The van der Waals surface area contributed by atoms with Gasteiger partial charge in [-0.15, -0.1) is 11.3 Å². The molecule has 1 aliphatic rings. The zero-order valence-electron chi connectivity index (χ0n) is 13.7. The van der Waals surface area contributed by atoms with Crippen molar-refractivity contribution in [3.05, 3.63) is 52.7 Å². The van der Waals surface area contributed by atoms with Crippen molar-refractivity contribution in [2.75, 3.05) is 20.1 Å². The molecule has 4 rings (SSSR count). The Morgan fingerprint density at radius 3 is 2.92 bits per heavy atom. The van der Waals surface area contributed by atoms with Gasteiger partial charge in [0.15, 0.2) is 5.82 Å². The van der Waals surface area contributed by atoms with E-state index in [1.165, 1.54) is 11.3 Å². The van der Waals surface area contributed by atoms with Crippen LogP contribution in [0, 0.1) is 0 Å². The highest BCUT2D eigenvalue weighted by atomic mass is 32.1. The Kier molecular flexibility index (Phi) is 4.29. The third-order valence-electron chi connectivity index (χ3n) is 4.37. The van der Waals surface area contributed by atoms with Crippen LogP contribution in [-0.2, 0) is 0 Å². The normalized spacial score (nSPS) is 20.7. The number of aromatic nitrogens is 4. The smallest absolute Gasteiger partial charge is 0.271 e. The van der Waals surface area contributed by atoms with Crippen molar-refractivity contribution in [3.8, 4) is 11.4 Å². The van der Waals surface area contributed by atoms with E-state index in [1.807, 2.05) is 37.4 Å². The number of hydrogen-bond acceptors (Lipinski definition) is 6. The fourth-order valence-corrected chi connectivity index (χ4v) is 3.68. The van der Waals surface area contributed by atoms with Crippen molar-refractivity contribution in [1.82, 2.24) is 30.4 Å². The first-order valence-electron chi connectivity index (χ1n) is 8.06. The van der Waals surface area contributed by atoms with Gasteiger partial charge in [0, 0.05) is 24.0 Å². The minimum absolute atomic E-state index is 0.0317. The van der Waals surface area contributed by atoms with Crippen LogP contribution in [0.15, 0.2) is 41.2 Å². The van der Waals surface area contributed by atoms with E-state index in [4.69, 9.17) is 0 Å². The maximum atomic E-state index is 12.3. The average Bonchev–Trinajstić information content (AvgIpc) is 3.36. The summed E-state index contributed by atoms with van der Waals surface area (Å²) in [6, 6.07) is 9.82. The van der Waals surface area contributed by atoms with Gasteiger partial charge in [-0.1, -0.05) is 30.3 Å². The van der Waals surface area contributed by atoms with Crippen LogP contribution in [0.2, 0.25) is 0 Å². The number of thiazole rings is 1. The number of H-pyrrole nitrogens is 1. The molecule has 1 aliphatic heterocycles. The Balaban J connectivity index is 1.54. The molecule has 3 aromatic rings. The lowest BCUT2D eigenvalue weighted by atomic mass is 10.0. The lowest BCUT2D eigenvalue weighted by molar-refractivity contribution is 0.0931. The molecule has 0 spiro atoms. The number of carbonyl (C=O) groups excluding carboxylic acids is 1. The summed E-state index contributed by atoms with van der Waals surface area (Å²) in [6.45, 7) is 1.58. The molecule has 0 bridgehead atoms. The second kappa shape index (κ2) is 6.73. The number of benzene rings is 1. The quantitative estimate of drug-likeness (QED) is 0.745. The predicted molar refractivity (Wildman–Crippen MR) is 95.4 cm³/mol. The summed E-state index contributed by atoms with van der Waals surface area (Å²) in [4.78, 5) is 23.3. The summed E-state index contributed by atoms with van der Waals surface area (Å²) in [5.74, 6) is 1.40. The summed E-state index contributed by atoms with van der Waals surface area (Å²) in [5.41, 5.74) is 3.09. The molecule has 0 aliphatic carbocycles. The fraction of sp³-hybridized carbons (Fsp3) is 0.294. The number of rotatable bonds is 4. The lowest BCUT2D eigenvalue weighted by Crippen LogP contribution is -2.40. The van der Waals surface area contributed by atoms with Crippen LogP contribution >= 0.6 is 11.3 Å². The van der Waals surface area contributed by atoms with E-state index in [0.29, 0.717) is 11.5 Å². The monoisotopic (exact) mass is 354 g/mol.